The predicted molar refractivity (Wildman–Crippen MR) is 162 cm³/mol. The molecule has 1 aliphatic rings. The van der Waals surface area contributed by atoms with Crippen molar-refractivity contribution < 1.29 is 41.9 Å². The van der Waals surface area contributed by atoms with Crippen molar-refractivity contribution in [2.45, 2.75) is 13.5 Å². The molecule has 1 aromatic heterocycles. The highest BCUT2D eigenvalue weighted by Gasteiger charge is 2.28. The van der Waals surface area contributed by atoms with Crippen molar-refractivity contribution >= 4 is 33.6 Å². The van der Waals surface area contributed by atoms with Gasteiger partial charge in [0.1, 0.15) is 18.9 Å². The minimum atomic E-state index is -3.91. The van der Waals surface area contributed by atoms with Gasteiger partial charge >= 0.3 is 22.8 Å². The number of benzene rings is 1. The fraction of sp³-hybridized carbons (Fsp3) is 0.640. The van der Waals surface area contributed by atoms with Crippen molar-refractivity contribution in [1.82, 2.24) is 24.6 Å². The maximum absolute atomic E-state index is 12.5. The van der Waals surface area contributed by atoms with Crippen LogP contribution in [0.1, 0.15) is 11.3 Å². The number of hydrogen-bond donors (Lipinski definition) is 3. The number of aromatic nitrogens is 1. The van der Waals surface area contributed by atoms with Crippen LogP contribution in [-0.4, -0.2) is 132 Å². The van der Waals surface area contributed by atoms with E-state index >= 15 is 0 Å². The molecule has 17 heteroatoms. The number of hydrogen-bond acceptors (Lipinski definition) is 11. The van der Waals surface area contributed by atoms with Crippen LogP contribution in [0.5, 0.6) is 0 Å². The molecule has 3 rings (SSSR count). The Balaban J connectivity index is 1.87. The molecule has 14 nitrogen and oxygen atoms in total. The summed E-state index contributed by atoms with van der Waals surface area (Å²) in [6.45, 7) is 5.57. The van der Waals surface area contributed by atoms with Gasteiger partial charge in [0.25, 0.3) is 0 Å². The molecule has 1 aliphatic heterocycles. The molecule has 3 N–H and O–H groups in total. The van der Waals surface area contributed by atoms with Crippen molar-refractivity contribution in [2.75, 3.05) is 92.5 Å². The number of rotatable bonds is 11. The van der Waals surface area contributed by atoms with Crippen molar-refractivity contribution in [3.63, 3.8) is 0 Å². The molecule has 1 saturated heterocycles. The molecule has 0 aliphatic carbocycles. The topological polar surface area (TPSA) is 165 Å². The first-order chi connectivity index (χ1) is 19.7. The fourth-order valence-electron chi connectivity index (χ4n) is 4.71. The molecule has 0 radical (unpaired) electrons. The lowest BCUT2D eigenvalue weighted by Crippen LogP contribution is -2.46. The Morgan fingerprint density at radius 3 is 1.48 bits per heavy atom. The van der Waals surface area contributed by atoms with Crippen LogP contribution in [0.4, 0.5) is 0 Å². The van der Waals surface area contributed by atoms with Crippen LogP contribution in [0.2, 0.25) is 0 Å². The second-order valence-electron chi connectivity index (χ2n) is 10.5. The Bertz CT molecular complexity index is 1280. The second kappa shape index (κ2) is 15.8. The Labute approximate surface area is 247 Å². The van der Waals surface area contributed by atoms with Crippen LogP contribution < -0.4 is 0 Å². The third-order valence-electron chi connectivity index (χ3n) is 7.24. The third-order valence-corrected chi connectivity index (χ3v) is 11.2. The normalized spacial score (nSPS) is 22.1. The van der Waals surface area contributed by atoms with E-state index in [-0.39, 0.29) is 31.9 Å². The third kappa shape index (κ3) is 11.8. The van der Waals surface area contributed by atoms with E-state index in [4.69, 9.17) is 13.6 Å². The lowest BCUT2D eigenvalue weighted by Gasteiger charge is -2.35. The van der Waals surface area contributed by atoms with Crippen LogP contribution in [-0.2, 0) is 33.8 Å². The minimum Gasteiger partial charge on any atom is -0.323 e. The van der Waals surface area contributed by atoms with Gasteiger partial charge in [-0.05, 0) is 18.4 Å². The summed E-state index contributed by atoms with van der Waals surface area (Å²) < 4.78 is 51.9. The standard InChI is InChI=1S/C25H44N5O9P3/c1-22-5-6-23-17-26-25(16-24(23)15-22)18-27-7-9-28(19-40(31,32)37-2)11-13-30(21-42(35,36)39-4)14-12-29(10-8-27)20-41(33,34)38-3/h5-6,15-17H,7-14,18-21H2,1-4H3,(H,31,32)(H,33,34)(H,35,36). The van der Waals surface area contributed by atoms with E-state index < -0.39 is 22.8 Å². The molecular formula is C25H44N5O9P3. The maximum atomic E-state index is 12.5. The lowest BCUT2D eigenvalue weighted by atomic mass is 10.1. The second-order valence-corrected chi connectivity index (χ2v) is 16.3. The van der Waals surface area contributed by atoms with E-state index in [0.29, 0.717) is 45.8 Å². The summed E-state index contributed by atoms with van der Waals surface area (Å²) >= 11 is 0. The SMILES string of the molecule is COP(=O)(O)CN1CCN(Cc2cc3cc(C)ccc3cn2)CCN(CP(=O)(O)OC)CCN(CP(=O)(O)OC)CC1. The van der Waals surface area contributed by atoms with Crippen LogP contribution in [0.3, 0.4) is 0 Å². The smallest absolute Gasteiger partial charge is 0.323 e. The van der Waals surface area contributed by atoms with Crippen molar-refractivity contribution in [3.8, 4) is 0 Å². The zero-order valence-corrected chi connectivity index (χ0v) is 27.4. The number of nitrogens with zero attached hydrogens (tertiary/aromatic N) is 5. The molecular weight excluding hydrogens is 607 g/mol. The Morgan fingerprint density at radius 1 is 0.667 bits per heavy atom. The molecule has 238 valence electrons. The summed E-state index contributed by atoms with van der Waals surface area (Å²) in [5.74, 6) is 0. The summed E-state index contributed by atoms with van der Waals surface area (Å²) in [5.41, 5.74) is 2.00. The van der Waals surface area contributed by atoms with Crippen LogP contribution in [0, 0.1) is 6.92 Å². The molecule has 0 bridgehead atoms. The Morgan fingerprint density at radius 2 is 1.07 bits per heavy atom. The van der Waals surface area contributed by atoms with Gasteiger partial charge in [-0.1, -0.05) is 23.8 Å². The zero-order valence-electron chi connectivity index (χ0n) is 24.7. The first-order valence-corrected chi connectivity index (χ1v) is 18.9. The molecule has 3 atom stereocenters. The van der Waals surface area contributed by atoms with Gasteiger partial charge in [-0.3, -0.25) is 38.3 Å². The molecule has 0 spiro atoms. The van der Waals surface area contributed by atoms with Gasteiger partial charge in [-0.2, -0.15) is 0 Å². The summed E-state index contributed by atoms with van der Waals surface area (Å²) in [6, 6.07) is 8.23. The molecule has 3 unspecified atom stereocenters. The van der Waals surface area contributed by atoms with Gasteiger partial charge in [0, 0.05) is 91.8 Å². The maximum Gasteiger partial charge on any atom is 0.341 e. The molecule has 1 aromatic carbocycles. The monoisotopic (exact) mass is 651 g/mol. The first-order valence-electron chi connectivity index (χ1n) is 13.6. The highest BCUT2D eigenvalue weighted by atomic mass is 31.2. The van der Waals surface area contributed by atoms with Crippen molar-refractivity contribution in [1.29, 1.82) is 0 Å². The number of fused-ring (bicyclic) bond motifs is 1. The molecule has 0 amide bonds. The highest BCUT2D eigenvalue weighted by molar-refractivity contribution is 7.53. The summed E-state index contributed by atoms with van der Waals surface area (Å²) in [6.07, 6.45) is 1.18. The van der Waals surface area contributed by atoms with E-state index in [9.17, 15) is 28.4 Å². The van der Waals surface area contributed by atoms with Gasteiger partial charge < -0.3 is 28.3 Å². The lowest BCUT2D eigenvalue weighted by molar-refractivity contribution is 0.139. The fourth-order valence-corrected chi connectivity index (χ4v) is 7.43. The van der Waals surface area contributed by atoms with Crippen LogP contribution in [0.15, 0.2) is 30.5 Å². The first kappa shape index (κ1) is 35.4. The van der Waals surface area contributed by atoms with Gasteiger partial charge in [0.15, 0.2) is 0 Å². The average molecular weight is 652 g/mol. The quantitative estimate of drug-likeness (QED) is 0.304. The van der Waals surface area contributed by atoms with Gasteiger partial charge in [-0.15, -0.1) is 0 Å². The average Bonchev–Trinajstić information content (AvgIpc) is 2.93. The number of aryl methyl sites for hydroxylation is 1. The Kier molecular flexibility index (Phi) is 13.3. The Hall–Kier alpha value is -1.08. The van der Waals surface area contributed by atoms with E-state index in [0.717, 1.165) is 29.1 Å². The van der Waals surface area contributed by atoms with Crippen molar-refractivity contribution in [2.24, 2.45) is 0 Å². The van der Waals surface area contributed by atoms with Gasteiger partial charge in [-0.25, -0.2) is 0 Å². The van der Waals surface area contributed by atoms with E-state index in [1.807, 2.05) is 35.1 Å². The summed E-state index contributed by atoms with van der Waals surface area (Å²) in [5, 5.41) is 2.12. The van der Waals surface area contributed by atoms with E-state index in [1.54, 1.807) is 4.90 Å². The number of pyridine rings is 1. The minimum absolute atomic E-state index is 0.201. The highest BCUT2D eigenvalue weighted by Crippen LogP contribution is 2.43. The molecule has 2 aromatic rings. The van der Waals surface area contributed by atoms with E-state index in [1.165, 1.54) is 14.2 Å². The van der Waals surface area contributed by atoms with Gasteiger partial charge in [0.05, 0.1) is 5.69 Å². The van der Waals surface area contributed by atoms with Crippen LogP contribution >= 0.6 is 22.8 Å². The molecule has 42 heavy (non-hydrogen) atoms. The van der Waals surface area contributed by atoms with Crippen molar-refractivity contribution in [3.05, 3.63) is 41.7 Å². The molecule has 1 fully saturated rings. The van der Waals surface area contributed by atoms with Crippen LogP contribution in [0.25, 0.3) is 10.8 Å². The summed E-state index contributed by atoms with van der Waals surface area (Å²) in [7, 11) is -8.11. The van der Waals surface area contributed by atoms with E-state index in [2.05, 4.69) is 22.0 Å². The zero-order chi connectivity index (χ0) is 31.0. The van der Waals surface area contributed by atoms with Gasteiger partial charge in [0.2, 0.25) is 0 Å². The largest absolute Gasteiger partial charge is 0.341 e. The summed E-state index contributed by atoms with van der Waals surface area (Å²) in [4.78, 5) is 42.7. The molecule has 0 saturated carbocycles. The predicted octanol–water partition coefficient (Wildman–Crippen LogP) is 2.63. The molecule has 2 heterocycles.